The molecule has 16 heavy (non-hydrogen) atoms. The highest BCUT2D eigenvalue weighted by Gasteiger charge is 1.97. The Bertz CT molecular complexity index is 285. The topological polar surface area (TPSA) is 37.8 Å². The summed E-state index contributed by atoms with van der Waals surface area (Å²) in [6, 6.07) is 0.591. The highest BCUT2D eigenvalue weighted by Crippen LogP contribution is 2.13. The molecular formula is C12H21N3S. The lowest BCUT2D eigenvalue weighted by molar-refractivity contribution is 0.567. The molecule has 0 bridgehead atoms. The maximum atomic E-state index is 4.26. The predicted octanol–water partition coefficient (Wildman–Crippen LogP) is 2.66. The van der Waals surface area contributed by atoms with Crippen molar-refractivity contribution < 1.29 is 0 Å². The molecule has 0 atom stereocenters. The van der Waals surface area contributed by atoms with Gasteiger partial charge >= 0.3 is 0 Å². The zero-order chi connectivity index (χ0) is 11.8. The molecule has 1 N–H and O–H groups in total. The largest absolute Gasteiger partial charge is 0.315 e. The van der Waals surface area contributed by atoms with Gasteiger partial charge in [-0.05, 0) is 31.9 Å². The molecule has 0 saturated heterocycles. The minimum absolute atomic E-state index is 0.591. The number of thioether (sulfide) groups is 1. The van der Waals surface area contributed by atoms with Crippen molar-refractivity contribution in [1.29, 1.82) is 0 Å². The van der Waals surface area contributed by atoms with E-state index >= 15 is 0 Å². The molecule has 0 fully saturated rings. The van der Waals surface area contributed by atoms with Gasteiger partial charge in [0, 0.05) is 24.2 Å². The first-order valence-corrected chi connectivity index (χ1v) is 6.82. The highest BCUT2D eigenvalue weighted by molar-refractivity contribution is 7.99. The van der Waals surface area contributed by atoms with Gasteiger partial charge in [-0.2, -0.15) is 0 Å². The van der Waals surface area contributed by atoms with Crippen LogP contribution < -0.4 is 5.32 Å². The Morgan fingerprint density at radius 1 is 1.25 bits per heavy atom. The number of unbranched alkanes of at least 4 members (excludes halogenated alkanes) is 1. The van der Waals surface area contributed by atoms with Gasteiger partial charge in [-0.15, -0.1) is 0 Å². The van der Waals surface area contributed by atoms with Gasteiger partial charge in [0.15, 0.2) is 5.16 Å². The maximum absolute atomic E-state index is 4.26. The second-order valence-electron chi connectivity index (χ2n) is 4.21. The summed E-state index contributed by atoms with van der Waals surface area (Å²) in [5.74, 6) is 1.10. The average molecular weight is 239 g/mol. The van der Waals surface area contributed by atoms with Crippen LogP contribution in [0.4, 0.5) is 0 Å². The molecule has 90 valence electrons. The minimum Gasteiger partial charge on any atom is -0.315 e. The van der Waals surface area contributed by atoms with Crippen LogP contribution in [-0.4, -0.2) is 28.3 Å². The lowest BCUT2D eigenvalue weighted by Gasteiger charge is -2.06. The number of rotatable bonds is 7. The smallest absolute Gasteiger partial charge is 0.187 e. The van der Waals surface area contributed by atoms with Gasteiger partial charge in [0.05, 0.1) is 0 Å². The average Bonchev–Trinajstić information content (AvgIpc) is 2.25. The molecule has 0 radical (unpaired) electrons. The Hall–Kier alpha value is -0.610. The van der Waals surface area contributed by atoms with E-state index in [9.17, 15) is 0 Å². The highest BCUT2D eigenvalue weighted by atomic mass is 32.2. The van der Waals surface area contributed by atoms with Crippen molar-refractivity contribution in [3.8, 4) is 0 Å². The van der Waals surface area contributed by atoms with Crippen molar-refractivity contribution in [3.63, 3.8) is 0 Å². The van der Waals surface area contributed by atoms with Gasteiger partial charge in [-0.3, -0.25) is 0 Å². The first-order chi connectivity index (χ1) is 7.68. The van der Waals surface area contributed by atoms with Crippen LogP contribution >= 0.6 is 11.8 Å². The number of hydrogen-bond acceptors (Lipinski definition) is 4. The van der Waals surface area contributed by atoms with Crippen molar-refractivity contribution in [1.82, 2.24) is 15.3 Å². The Morgan fingerprint density at radius 3 is 2.56 bits per heavy atom. The van der Waals surface area contributed by atoms with Crippen LogP contribution in [0.2, 0.25) is 0 Å². The SMILES string of the molecule is Cc1cnc(SCCCCNC(C)C)nc1. The summed E-state index contributed by atoms with van der Waals surface area (Å²) in [7, 11) is 0. The molecular weight excluding hydrogens is 218 g/mol. The van der Waals surface area contributed by atoms with Crippen molar-refractivity contribution in [2.45, 2.75) is 44.8 Å². The first-order valence-electron chi connectivity index (χ1n) is 5.83. The molecule has 0 aliphatic heterocycles. The molecule has 1 aromatic rings. The van der Waals surface area contributed by atoms with E-state index in [-0.39, 0.29) is 0 Å². The Labute approximate surface area is 102 Å². The molecule has 0 unspecified atom stereocenters. The normalized spacial score (nSPS) is 11.0. The standard InChI is InChI=1S/C12H21N3S/c1-10(2)13-6-4-5-7-16-12-14-8-11(3)9-15-12/h8-10,13H,4-7H2,1-3H3. The van der Waals surface area contributed by atoms with E-state index in [2.05, 4.69) is 29.1 Å². The quantitative estimate of drug-likeness (QED) is 0.451. The Kier molecular flexibility index (Phi) is 6.42. The molecule has 0 aromatic carbocycles. The van der Waals surface area contributed by atoms with Gasteiger partial charge < -0.3 is 5.32 Å². The van der Waals surface area contributed by atoms with E-state index < -0.39 is 0 Å². The summed E-state index contributed by atoms with van der Waals surface area (Å²) in [5.41, 5.74) is 1.12. The number of hydrogen-bond donors (Lipinski definition) is 1. The van der Waals surface area contributed by atoms with Crippen LogP contribution in [0.1, 0.15) is 32.3 Å². The van der Waals surface area contributed by atoms with E-state index in [1.165, 1.54) is 12.8 Å². The number of nitrogens with one attached hydrogen (secondary N) is 1. The molecule has 0 spiro atoms. The predicted molar refractivity (Wildman–Crippen MR) is 69.9 cm³/mol. The number of aryl methyl sites for hydroxylation is 1. The third-order valence-corrected chi connectivity index (χ3v) is 3.07. The molecule has 3 nitrogen and oxygen atoms in total. The second kappa shape index (κ2) is 7.63. The minimum atomic E-state index is 0.591. The fourth-order valence-electron chi connectivity index (χ4n) is 1.24. The van der Waals surface area contributed by atoms with Gasteiger partial charge in [0.2, 0.25) is 0 Å². The Morgan fingerprint density at radius 2 is 1.94 bits per heavy atom. The van der Waals surface area contributed by atoms with Crippen molar-refractivity contribution >= 4 is 11.8 Å². The summed E-state index contributed by atoms with van der Waals surface area (Å²) in [6.45, 7) is 7.46. The maximum Gasteiger partial charge on any atom is 0.187 e. The summed E-state index contributed by atoms with van der Waals surface area (Å²) >= 11 is 1.74. The third-order valence-electron chi connectivity index (χ3n) is 2.11. The van der Waals surface area contributed by atoms with Crippen molar-refractivity contribution in [2.24, 2.45) is 0 Å². The summed E-state index contributed by atoms with van der Waals surface area (Å²) in [6.07, 6.45) is 6.17. The van der Waals surface area contributed by atoms with E-state index in [1.54, 1.807) is 11.8 Å². The second-order valence-corrected chi connectivity index (χ2v) is 5.27. The van der Waals surface area contributed by atoms with Crippen molar-refractivity contribution in [3.05, 3.63) is 18.0 Å². The van der Waals surface area contributed by atoms with Crippen LogP contribution in [0.5, 0.6) is 0 Å². The lowest BCUT2D eigenvalue weighted by atomic mass is 10.3. The summed E-state index contributed by atoms with van der Waals surface area (Å²) in [5, 5.41) is 4.30. The van der Waals surface area contributed by atoms with Gasteiger partial charge in [-0.1, -0.05) is 25.6 Å². The fourth-order valence-corrected chi connectivity index (χ4v) is 2.02. The summed E-state index contributed by atoms with van der Waals surface area (Å²) < 4.78 is 0. The molecule has 0 amide bonds. The summed E-state index contributed by atoms with van der Waals surface area (Å²) in [4.78, 5) is 8.52. The number of aromatic nitrogens is 2. The molecule has 1 aromatic heterocycles. The monoisotopic (exact) mass is 239 g/mol. The first kappa shape index (κ1) is 13.5. The molecule has 1 rings (SSSR count). The molecule has 0 saturated carbocycles. The van der Waals surface area contributed by atoms with Crippen LogP contribution in [0.25, 0.3) is 0 Å². The van der Waals surface area contributed by atoms with Crippen LogP contribution in [0.3, 0.4) is 0 Å². The zero-order valence-corrected chi connectivity index (χ0v) is 11.2. The van der Waals surface area contributed by atoms with Crippen molar-refractivity contribution in [2.75, 3.05) is 12.3 Å². The van der Waals surface area contributed by atoms with Crippen LogP contribution in [-0.2, 0) is 0 Å². The molecule has 4 heteroatoms. The fraction of sp³-hybridized carbons (Fsp3) is 0.667. The lowest BCUT2D eigenvalue weighted by Crippen LogP contribution is -2.23. The van der Waals surface area contributed by atoms with Crippen LogP contribution in [0.15, 0.2) is 17.6 Å². The third kappa shape index (κ3) is 6.08. The Balaban J connectivity index is 2.05. The van der Waals surface area contributed by atoms with Crippen LogP contribution in [0, 0.1) is 6.92 Å². The van der Waals surface area contributed by atoms with E-state index in [0.29, 0.717) is 6.04 Å². The van der Waals surface area contributed by atoms with Gasteiger partial charge in [0.25, 0.3) is 0 Å². The molecule has 1 heterocycles. The van der Waals surface area contributed by atoms with Gasteiger partial charge in [-0.25, -0.2) is 9.97 Å². The van der Waals surface area contributed by atoms with E-state index in [1.807, 2.05) is 19.3 Å². The molecule has 0 aliphatic carbocycles. The number of nitrogens with zero attached hydrogens (tertiary/aromatic N) is 2. The zero-order valence-electron chi connectivity index (χ0n) is 10.4. The molecule has 0 aliphatic rings. The van der Waals surface area contributed by atoms with E-state index in [4.69, 9.17) is 0 Å². The van der Waals surface area contributed by atoms with E-state index in [0.717, 1.165) is 23.0 Å². The van der Waals surface area contributed by atoms with Gasteiger partial charge in [0.1, 0.15) is 0 Å².